The van der Waals surface area contributed by atoms with E-state index in [4.69, 9.17) is 0 Å². The first kappa shape index (κ1) is 20.8. The number of allylic oxidation sites excluding steroid dienone is 1. The van der Waals surface area contributed by atoms with E-state index in [1.165, 1.54) is 0 Å². The van der Waals surface area contributed by atoms with Crippen molar-refractivity contribution < 1.29 is 14.8 Å². The van der Waals surface area contributed by atoms with Crippen LogP contribution >= 0.6 is 15.9 Å². The predicted molar refractivity (Wildman–Crippen MR) is 125 cm³/mol. The predicted octanol–water partition coefficient (Wildman–Crippen LogP) is 5.37. The quantitative estimate of drug-likeness (QED) is 0.396. The molecule has 2 aliphatic rings. The lowest BCUT2D eigenvalue weighted by Gasteiger charge is -2.43. The molecular formula is C26H20BrNO4. The molecule has 0 saturated heterocycles. The number of carbonyl (C=O) groups excluding carboxylic acids is 1. The summed E-state index contributed by atoms with van der Waals surface area (Å²) < 4.78 is 0.737. The topological polar surface area (TPSA) is 80.4 Å². The Morgan fingerprint density at radius 2 is 1.59 bits per heavy atom. The van der Waals surface area contributed by atoms with E-state index in [0.29, 0.717) is 16.7 Å². The molecule has 0 spiro atoms. The second-order valence-electron chi connectivity index (χ2n) is 8.36. The van der Waals surface area contributed by atoms with E-state index in [2.05, 4.69) is 15.9 Å². The average Bonchev–Trinajstić information content (AvgIpc) is 3.02. The molecule has 1 N–H and O–H groups in total. The Labute approximate surface area is 193 Å². The molecule has 0 saturated carbocycles. The summed E-state index contributed by atoms with van der Waals surface area (Å²) in [4.78, 5) is 25.8. The molecule has 2 aliphatic carbocycles. The van der Waals surface area contributed by atoms with Crippen molar-refractivity contribution in [3.63, 3.8) is 0 Å². The molecule has 6 heteroatoms. The van der Waals surface area contributed by atoms with Gasteiger partial charge in [0.2, 0.25) is 0 Å². The average molecular weight is 490 g/mol. The van der Waals surface area contributed by atoms with Crippen LogP contribution in [0, 0.1) is 16.0 Å². The monoisotopic (exact) mass is 489 g/mol. The summed E-state index contributed by atoms with van der Waals surface area (Å²) in [7, 11) is 0. The zero-order valence-electron chi connectivity index (χ0n) is 17.2. The van der Waals surface area contributed by atoms with Gasteiger partial charge in [-0.2, -0.15) is 0 Å². The Balaban J connectivity index is 1.91. The summed E-state index contributed by atoms with van der Waals surface area (Å²) in [5, 5.41) is 24.8. The third-order valence-corrected chi connectivity index (χ3v) is 7.52. The molecule has 5 nitrogen and oxygen atoms in total. The fourth-order valence-electron chi connectivity index (χ4n) is 5.52. The van der Waals surface area contributed by atoms with Crippen LogP contribution in [-0.2, 0) is 5.60 Å². The van der Waals surface area contributed by atoms with Crippen LogP contribution in [0.3, 0.4) is 0 Å². The molecular weight excluding hydrogens is 470 g/mol. The lowest BCUT2D eigenvalue weighted by atomic mass is 9.62. The maximum atomic E-state index is 13.6. The van der Waals surface area contributed by atoms with Crippen LogP contribution in [0.4, 0.5) is 0 Å². The summed E-state index contributed by atoms with van der Waals surface area (Å²) >= 11 is 3.56. The lowest BCUT2D eigenvalue weighted by Crippen LogP contribution is -2.53. The van der Waals surface area contributed by atoms with Crippen LogP contribution < -0.4 is 0 Å². The summed E-state index contributed by atoms with van der Waals surface area (Å²) in [6.45, 7) is 1.91. The van der Waals surface area contributed by atoms with Gasteiger partial charge in [0, 0.05) is 26.1 Å². The van der Waals surface area contributed by atoms with Gasteiger partial charge in [-0.3, -0.25) is 14.9 Å². The lowest BCUT2D eigenvalue weighted by molar-refractivity contribution is -0.551. The van der Waals surface area contributed by atoms with Gasteiger partial charge in [0.1, 0.15) is 0 Å². The van der Waals surface area contributed by atoms with E-state index in [1.54, 1.807) is 24.3 Å². The van der Waals surface area contributed by atoms with Gasteiger partial charge < -0.3 is 5.11 Å². The fraction of sp³-hybridized carbons (Fsp3) is 0.192. The van der Waals surface area contributed by atoms with Crippen molar-refractivity contribution >= 4 is 27.3 Å². The largest absolute Gasteiger partial charge is 0.374 e. The van der Waals surface area contributed by atoms with E-state index in [-0.39, 0.29) is 17.3 Å². The van der Waals surface area contributed by atoms with Gasteiger partial charge in [-0.15, -0.1) is 0 Å². The number of hydrogen-bond acceptors (Lipinski definition) is 4. The van der Waals surface area contributed by atoms with Crippen molar-refractivity contribution in [2.75, 3.05) is 0 Å². The zero-order valence-corrected chi connectivity index (χ0v) is 18.8. The highest BCUT2D eigenvalue weighted by Gasteiger charge is 2.65. The molecule has 0 amide bonds. The van der Waals surface area contributed by atoms with Crippen molar-refractivity contribution in [3.05, 3.63) is 121 Å². The molecule has 0 bridgehead atoms. The normalized spacial score (nSPS) is 26.6. The molecule has 0 radical (unpaired) electrons. The Morgan fingerprint density at radius 3 is 2.28 bits per heavy atom. The highest BCUT2D eigenvalue weighted by Crippen LogP contribution is 2.58. The van der Waals surface area contributed by atoms with Crippen molar-refractivity contribution in [1.82, 2.24) is 0 Å². The van der Waals surface area contributed by atoms with Gasteiger partial charge in [-0.1, -0.05) is 95.7 Å². The van der Waals surface area contributed by atoms with Gasteiger partial charge in [0.15, 0.2) is 11.4 Å². The number of aliphatic hydroxyl groups is 1. The minimum atomic E-state index is -2.03. The third kappa shape index (κ3) is 2.76. The fourth-order valence-corrected chi connectivity index (χ4v) is 6.07. The van der Waals surface area contributed by atoms with E-state index >= 15 is 0 Å². The number of hydrogen-bond donors (Lipinski definition) is 1. The maximum Gasteiger partial charge on any atom is 0.257 e. The number of nitro groups is 1. The SMILES string of the molecule is C[C@@H]1C(c2ccccc2)=C2C(=O)c3ccccc3[C@@]2(O)[C@H]([N+](=O)[O-])[C@H]1c1ccccc1Br. The van der Waals surface area contributed by atoms with Crippen LogP contribution in [-0.4, -0.2) is 21.9 Å². The number of carbonyl (C=O) groups is 1. The number of benzene rings is 3. The molecule has 5 rings (SSSR count). The van der Waals surface area contributed by atoms with Crippen LogP contribution in [0.25, 0.3) is 5.57 Å². The minimum Gasteiger partial charge on any atom is -0.374 e. The molecule has 0 unspecified atom stereocenters. The van der Waals surface area contributed by atoms with Crippen molar-refractivity contribution in [3.8, 4) is 0 Å². The van der Waals surface area contributed by atoms with Crippen LogP contribution in [0.15, 0.2) is 88.9 Å². The van der Waals surface area contributed by atoms with E-state index in [0.717, 1.165) is 15.6 Å². The summed E-state index contributed by atoms with van der Waals surface area (Å²) in [5.41, 5.74) is 0.905. The van der Waals surface area contributed by atoms with Gasteiger partial charge in [-0.25, -0.2) is 0 Å². The zero-order chi connectivity index (χ0) is 22.6. The number of fused-ring (bicyclic) bond motifs is 3. The Bertz CT molecular complexity index is 1290. The van der Waals surface area contributed by atoms with Crippen molar-refractivity contribution in [2.45, 2.75) is 24.5 Å². The van der Waals surface area contributed by atoms with Gasteiger partial charge >= 0.3 is 0 Å². The smallest absolute Gasteiger partial charge is 0.257 e. The molecule has 0 heterocycles. The Hall–Kier alpha value is -3.09. The highest BCUT2D eigenvalue weighted by atomic mass is 79.9. The van der Waals surface area contributed by atoms with E-state index < -0.39 is 22.5 Å². The third-order valence-electron chi connectivity index (χ3n) is 6.80. The number of rotatable bonds is 3. The van der Waals surface area contributed by atoms with Crippen LogP contribution in [0.2, 0.25) is 0 Å². The van der Waals surface area contributed by atoms with Gasteiger partial charge in [-0.05, 0) is 28.7 Å². The summed E-state index contributed by atoms with van der Waals surface area (Å²) in [6.07, 6.45) is 0. The van der Waals surface area contributed by atoms with Gasteiger partial charge in [0.25, 0.3) is 6.04 Å². The first-order chi connectivity index (χ1) is 15.4. The molecule has 0 aliphatic heterocycles. The summed E-state index contributed by atoms with van der Waals surface area (Å²) in [5.74, 6) is -1.39. The second-order valence-corrected chi connectivity index (χ2v) is 9.22. The minimum absolute atomic E-state index is 0.127. The molecule has 4 atom stereocenters. The summed E-state index contributed by atoms with van der Waals surface area (Å²) in [6, 6.07) is 22.0. The first-order valence-electron chi connectivity index (χ1n) is 10.4. The molecule has 0 fully saturated rings. The number of halogens is 1. The molecule has 0 aromatic heterocycles. The standard InChI is InChI=1S/C26H20BrNO4/c1-15-21(16-9-3-2-4-10-16)23-24(29)17-11-5-7-13-19(17)26(23,30)25(28(31)32)22(15)18-12-6-8-14-20(18)27/h2-15,22,25,30H,1H3/t15-,22-,25-,26+/m1/s1. The molecule has 32 heavy (non-hydrogen) atoms. The molecule has 160 valence electrons. The second kappa shape index (κ2) is 7.50. The Morgan fingerprint density at radius 1 is 0.969 bits per heavy atom. The number of ketones is 1. The van der Waals surface area contributed by atoms with Crippen LogP contribution in [0.5, 0.6) is 0 Å². The maximum absolute atomic E-state index is 13.6. The number of nitrogens with zero attached hydrogens (tertiary/aromatic N) is 1. The van der Waals surface area contributed by atoms with Gasteiger partial charge in [0.05, 0.1) is 5.92 Å². The highest BCUT2D eigenvalue weighted by molar-refractivity contribution is 9.10. The first-order valence-corrected chi connectivity index (χ1v) is 11.2. The number of Topliss-reactive ketones (excluding diaryl/α,β-unsaturated/α-hetero) is 1. The van der Waals surface area contributed by atoms with Crippen LogP contribution in [0.1, 0.15) is 39.9 Å². The molecule has 3 aromatic carbocycles. The van der Waals surface area contributed by atoms with Crippen molar-refractivity contribution in [1.29, 1.82) is 0 Å². The van der Waals surface area contributed by atoms with E-state index in [9.17, 15) is 20.0 Å². The van der Waals surface area contributed by atoms with Crippen molar-refractivity contribution in [2.24, 2.45) is 5.92 Å². The molecule has 3 aromatic rings. The van der Waals surface area contributed by atoms with E-state index in [1.807, 2.05) is 61.5 Å². The Kier molecular flexibility index (Phi) is 4.87.